The molecule has 0 N–H and O–H groups in total. The van der Waals surface area contributed by atoms with Gasteiger partial charge in [0, 0.05) is 17.7 Å². The predicted molar refractivity (Wildman–Crippen MR) is 75.0 cm³/mol. The molecule has 0 heterocycles. The molecule has 0 amide bonds. The lowest BCUT2D eigenvalue weighted by atomic mass is 10.2. The first-order chi connectivity index (χ1) is 10.1. The highest BCUT2D eigenvalue weighted by molar-refractivity contribution is 5.37. The van der Waals surface area contributed by atoms with Crippen LogP contribution < -0.4 is 9.47 Å². The van der Waals surface area contributed by atoms with Gasteiger partial charge in [0.1, 0.15) is 18.1 Å². The maximum Gasteiger partial charge on any atom is 0.305 e. The van der Waals surface area contributed by atoms with E-state index in [-0.39, 0.29) is 12.2 Å². The molecule has 0 spiro atoms. The van der Waals surface area contributed by atoms with Crippen LogP contribution in [0.25, 0.3) is 0 Å². The third-order valence-electron chi connectivity index (χ3n) is 2.77. The topological polar surface area (TPSA) is 61.6 Å². The summed E-state index contributed by atoms with van der Waals surface area (Å²) in [5.74, 6) is 0.282. The van der Waals surface area contributed by atoms with E-state index < -0.39 is 16.4 Å². The molecule has 0 fully saturated rings. The molecule has 0 atom stereocenters. The maximum absolute atomic E-state index is 13.9. The largest absolute Gasteiger partial charge is 0.494 e. The Balaban J connectivity index is 2.11. The van der Waals surface area contributed by atoms with E-state index in [1.807, 2.05) is 6.92 Å². The monoisotopic (exact) mass is 291 g/mol. The van der Waals surface area contributed by atoms with Crippen molar-refractivity contribution in [3.8, 4) is 11.5 Å². The molecule has 0 radical (unpaired) electrons. The minimum atomic E-state index is -0.872. The number of nitro groups is 1. The van der Waals surface area contributed by atoms with Crippen molar-refractivity contribution >= 4 is 5.69 Å². The zero-order chi connectivity index (χ0) is 15.2. The summed E-state index contributed by atoms with van der Waals surface area (Å²) < 4.78 is 24.7. The first kappa shape index (κ1) is 14.8. The molecule has 0 aliphatic rings. The molecule has 0 bridgehead atoms. The van der Waals surface area contributed by atoms with Crippen LogP contribution in [0.2, 0.25) is 0 Å². The van der Waals surface area contributed by atoms with Crippen LogP contribution in [-0.4, -0.2) is 11.5 Å². The molecule has 0 aromatic heterocycles. The van der Waals surface area contributed by atoms with Crippen molar-refractivity contribution in [2.24, 2.45) is 0 Å². The summed E-state index contributed by atoms with van der Waals surface area (Å²) in [5.41, 5.74) is -0.426. The van der Waals surface area contributed by atoms with Gasteiger partial charge in [0.05, 0.1) is 11.5 Å². The predicted octanol–water partition coefficient (Wildman–Crippen LogP) is 3.71. The summed E-state index contributed by atoms with van der Waals surface area (Å²) in [6.07, 6.45) is 0. The molecule has 6 heteroatoms. The van der Waals surface area contributed by atoms with Gasteiger partial charge in [-0.05, 0) is 19.1 Å². The van der Waals surface area contributed by atoms with Gasteiger partial charge in [-0.3, -0.25) is 10.1 Å². The molecule has 0 saturated heterocycles. The number of hydrogen-bond donors (Lipinski definition) is 0. The number of rotatable bonds is 6. The second kappa shape index (κ2) is 6.69. The van der Waals surface area contributed by atoms with Gasteiger partial charge in [-0.25, -0.2) is 0 Å². The Bertz CT molecular complexity index is 645. The van der Waals surface area contributed by atoms with E-state index in [2.05, 4.69) is 0 Å². The van der Waals surface area contributed by atoms with Crippen LogP contribution in [0.15, 0.2) is 42.5 Å². The van der Waals surface area contributed by atoms with Crippen molar-refractivity contribution in [3.05, 3.63) is 64.0 Å². The molecular formula is C15H14FNO4. The molecular weight excluding hydrogens is 277 g/mol. The van der Waals surface area contributed by atoms with Crippen molar-refractivity contribution in [2.75, 3.05) is 6.61 Å². The van der Waals surface area contributed by atoms with Crippen molar-refractivity contribution < 1.29 is 18.8 Å². The Morgan fingerprint density at radius 2 is 1.81 bits per heavy atom. The number of nitrogens with zero attached hydrogens (tertiary/aromatic N) is 1. The van der Waals surface area contributed by atoms with Crippen LogP contribution in [-0.2, 0) is 6.61 Å². The zero-order valence-corrected chi connectivity index (χ0v) is 11.4. The zero-order valence-electron chi connectivity index (χ0n) is 11.4. The fraction of sp³-hybridized carbons (Fsp3) is 0.200. The third-order valence-corrected chi connectivity index (χ3v) is 2.77. The van der Waals surface area contributed by atoms with Gasteiger partial charge in [-0.1, -0.05) is 18.2 Å². The summed E-state index contributed by atoms with van der Waals surface area (Å²) in [4.78, 5) is 9.92. The second-order valence-corrected chi connectivity index (χ2v) is 4.20. The first-order valence-electron chi connectivity index (χ1n) is 6.39. The molecule has 5 nitrogen and oxygen atoms in total. The van der Waals surface area contributed by atoms with Crippen molar-refractivity contribution in [1.29, 1.82) is 0 Å². The van der Waals surface area contributed by atoms with E-state index in [0.29, 0.717) is 18.1 Å². The highest BCUT2D eigenvalue weighted by Gasteiger charge is 2.17. The van der Waals surface area contributed by atoms with E-state index in [0.717, 1.165) is 6.07 Å². The van der Waals surface area contributed by atoms with E-state index in [1.54, 1.807) is 24.3 Å². The standard InChI is InChI=1S/C15H14FNO4/c1-2-20-12-6-4-7-13(9-12)21-10-11-5-3-8-14(15(11)16)17(18)19/h3-9H,2,10H2,1H3. The van der Waals surface area contributed by atoms with E-state index in [9.17, 15) is 14.5 Å². The molecule has 0 aliphatic carbocycles. The van der Waals surface area contributed by atoms with Crippen molar-refractivity contribution in [3.63, 3.8) is 0 Å². The molecule has 21 heavy (non-hydrogen) atoms. The molecule has 0 aliphatic heterocycles. The molecule has 110 valence electrons. The normalized spacial score (nSPS) is 10.2. The summed E-state index contributed by atoms with van der Waals surface area (Å²) in [7, 11) is 0. The number of benzene rings is 2. The van der Waals surface area contributed by atoms with Gasteiger partial charge in [-0.2, -0.15) is 4.39 Å². The lowest BCUT2D eigenvalue weighted by molar-refractivity contribution is -0.387. The van der Waals surface area contributed by atoms with Crippen LogP contribution in [0.1, 0.15) is 12.5 Å². The van der Waals surface area contributed by atoms with Gasteiger partial charge in [0.2, 0.25) is 5.82 Å². The van der Waals surface area contributed by atoms with Crippen LogP contribution in [0.3, 0.4) is 0 Å². The number of hydrogen-bond acceptors (Lipinski definition) is 4. The van der Waals surface area contributed by atoms with E-state index >= 15 is 0 Å². The Morgan fingerprint density at radius 1 is 1.14 bits per heavy atom. The van der Waals surface area contributed by atoms with E-state index in [1.165, 1.54) is 12.1 Å². The molecule has 2 rings (SSSR count). The minimum absolute atomic E-state index is 0.0942. The van der Waals surface area contributed by atoms with Crippen molar-refractivity contribution in [1.82, 2.24) is 0 Å². The Kier molecular flexibility index (Phi) is 4.71. The van der Waals surface area contributed by atoms with Gasteiger partial charge >= 0.3 is 5.69 Å². The molecule has 2 aromatic rings. The SMILES string of the molecule is CCOc1cccc(OCc2cccc([N+](=O)[O-])c2F)c1. The summed E-state index contributed by atoms with van der Waals surface area (Å²) >= 11 is 0. The fourth-order valence-electron chi connectivity index (χ4n) is 1.80. The van der Waals surface area contributed by atoms with Crippen LogP contribution >= 0.6 is 0 Å². The van der Waals surface area contributed by atoms with Crippen LogP contribution in [0.5, 0.6) is 11.5 Å². The van der Waals surface area contributed by atoms with Gasteiger partial charge < -0.3 is 9.47 Å². The molecule has 2 aromatic carbocycles. The molecule has 0 unspecified atom stereocenters. The quantitative estimate of drug-likeness (QED) is 0.601. The minimum Gasteiger partial charge on any atom is -0.494 e. The number of halogens is 1. The average molecular weight is 291 g/mol. The van der Waals surface area contributed by atoms with Gasteiger partial charge in [-0.15, -0.1) is 0 Å². The summed E-state index contributed by atoms with van der Waals surface area (Å²) in [6.45, 7) is 2.30. The average Bonchev–Trinajstić information content (AvgIpc) is 2.46. The molecule has 0 saturated carbocycles. The highest BCUT2D eigenvalue weighted by Crippen LogP contribution is 2.23. The van der Waals surface area contributed by atoms with Gasteiger partial charge in [0.15, 0.2) is 0 Å². The first-order valence-corrected chi connectivity index (χ1v) is 6.39. The Hall–Kier alpha value is -2.63. The third kappa shape index (κ3) is 3.68. The van der Waals surface area contributed by atoms with Gasteiger partial charge in [0.25, 0.3) is 0 Å². The number of ether oxygens (including phenoxy) is 2. The summed E-state index contributed by atoms with van der Waals surface area (Å²) in [5, 5.41) is 10.7. The van der Waals surface area contributed by atoms with Crippen LogP contribution in [0, 0.1) is 15.9 Å². The number of nitro benzene ring substituents is 1. The second-order valence-electron chi connectivity index (χ2n) is 4.20. The maximum atomic E-state index is 13.9. The summed E-state index contributed by atoms with van der Waals surface area (Å²) in [6, 6.07) is 10.9. The van der Waals surface area contributed by atoms with E-state index in [4.69, 9.17) is 9.47 Å². The lowest BCUT2D eigenvalue weighted by Crippen LogP contribution is -2.02. The fourth-order valence-corrected chi connectivity index (χ4v) is 1.80. The lowest BCUT2D eigenvalue weighted by Gasteiger charge is -2.09. The smallest absolute Gasteiger partial charge is 0.305 e. The Labute approximate surface area is 121 Å². The van der Waals surface area contributed by atoms with Crippen molar-refractivity contribution in [2.45, 2.75) is 13.5 Å². The van der Waals surface area contributed by atoms with Crippen LogP contribution in [0.4, 0.5) is 10.1 Å². The Morgan fingerprint density at radius 3 is 2.48 bits per heavy atom. The highest BCUT2D eigenvalue weighted by atomic mass is 19.1.